The first-order valence-corrected chi connectivity index (χ1v) is 13.9. The second-order valence-electron chi connectivity index (χ2n) is 12.4. The van der Waals surface area contributed by atoms with E-state index in [1.807, 2.05) is 13.8 Å². The normalized spacial score (nSPS) is 37.1. The van der Waals surface area contributed by atoms with Gasteiger partial charge in [0.2, 0.25) is 0 Å². The molecule has 0 unspecified atom stereocenters. The van der Waals surface area contributed by atoms with Crippen molar-refractivity contribution >= 4 is 0 Å². The Kier molecular flexibility index (Phi) is 9.84. The predicted octanol–water partition coefficient (Wildman–Crippen LogP) is 5.08. The lowest BCUT2D eigenvalue weighted by molar-refractivity contribution is -0.0968. The SMILES string of the molecule is C=C1/C(=C\C=C2\CCC[C@]3(C)[C@@H]([C@H](C)CCCC(C)(C)O)CC[C@@H]23)C[C@@H](O)[C@H](OCCCO)[C@@H]1O. The lowest BCUT2D eigenvalue weighted by Crippen LogP contribution is -2.45. The molecule has 0 saturated heterocycles. The first-order chi connectivity index (χ1) is 16.5. The molecule has 0 aromatic heterocycles. The molecule has 3 fully saturated rings. The van der Waals surface area contributed by atoms with E-state index in [9.17, 15) is 15.3 Å². The van der Waals surface area contributed by atoms with Gasteiger partial charge < -0.3 is 25.2 Å². The van der Waals surface area contributed by atoms with Crippen molar-refractivity contribution in [1.29, 1.82) is 0 Å². The Bertz CT molecular complexity index is 778. The van der Waals surface area contributed by atoms with Gasteiger partial charge in [-0.3, -0.25) is 0 Å². The monoisotopic (exact) mass is 490 g/mol. The Morgan fingerprint density at radius 1 is 1.20 bits per heavy atom. The van der Waals surface area contributed by atoms with Crippen molar-refractivity contribution in [2.45, 2.75) is 116 Å². The minimum atomic E-state index is -0.931. The zero-order chi connectivity index (χ0) is 25.8. The molecule has 0 amide bonds. The molecule has 0 aromatic rings. The van der Waals surface area contributed by atoms with Crippen molar-refractivity contribution in [2.24, 2.45) is 23.2 Å². The Morgan fingerprint density at radius 3 is 2.63 bits per heavy atom. The summed E-state index contributed by atoms with van der Waals surface area (Å²) < 4.78 is 5.63. The molecule has 0 bridgehead atoms. The summed E-state index contributed by atoms with van der Waals surface area (Å²) in [5.41, 5.74) is 2.79. The van der Waals surface area contributed by atoms with E-state index in [1.165, 1.54) is 37.7 Å². The van der Waals surface area contributed by atoms with Crippen LogP contribution in [0.5, 0.6) is 0 Å². The summed E-state index contributed by atoms with van der Waals surface area (Å²) in [6.07, 6.45) is 12.1. The highest BCUT2D eigenvalue weighted by Gasteiger charge is 2.50. The Morgan fingerprint density at radius 2 is 1.94 bits per heavy atom. The number of rotatable bonds is 10. The standard InChI is InChI=1S/C30H50O5/c1-20(9-6-15-29(3,4)34)24-13-14-25-22(10-7-16-30(24,25)5)11-12-23-19-26(32)28(27(33)21(23)2)35-18-8-17-31/h11-12,20,24-28,31-34H,2,6-10,13-19H2,1,3-5H3/b22-11-,23-12-/t20-,24-,25+,26-,27-,28+,30-/m1/s1. The van der Waals surface area contributed by atoms with E-state index in [0.717, 1.165) is 30.8 Å². The first-order valence-electron chi connectivity index (χ1n) is 13.9. The maximum atomic E-state index is 10.7. The van der Waals surface area contributed by atoms with Gasteiger partial charge in [-0.05, 0) is 93.1 Å². The van der Waals surface area contributed by atoms with E-state index >= 15 is 0 Å². The van der Waals surface area contributed by atoms with Crippen molar-refractivity contribution < 1.29 is 25.2 Å². The minimum absolute atomic E-state index is 0.0269. The van der Waals surface area contributed by atoms with Gasteiger partial charge in [-0.1, -0.05) is 51.0 Å². The highest BCUT2D eigenvalue weighted by molar-refractivity contribution is 5.40. The first kappa shape index (κ1) is 28.6. The lowest BCUT2D eigenvalue weighted by Gasteiger charge is -2.44. The molecule has 3 saturated carbocycles. The second-order valence-corrected chi connectivity index (χ2v) is 12.4. The molecule has 0 aliphatic heterocycles. The Labute approximate surface area is 213 Å². The van der Waals surface area contributed by atoms with Gasteiger partial charge >= 0.3 is 0 Å². The molecule has 4 N–H and O–H groups in total. The van der Waals surface area contributed by atoms with Gasteiger partial charge in [0.25, 0.3) is 0 Å². The quantitative estimate of drug-likeness (QED) is 0.321. The largest absolute Gasteiger partial charge is 0.396 e. The average molecular weight is 491 g/mol. The van der Waals surface area contributed by atoms with Crippen molar-refractivity contribution in [3.8, 4) is 0 Å². The molecule has 0 aromatic carbocycles. The number of ether oxygens (including phenoxy) is 1. The Hall–Kier alpha value is -0.980. The van der Waals surface area contributed by atoms with Crippen molar-refractivity contribution in [3.05, 3.63) is 35.5 Å². The maximum absolute atomic E-state index is 10.7. The molecule has 0 radical (unpaired) electrons. The van der Waals surface area contributed by atoms with Crippen LogP contribution in [0.4, 0.5) is 0 Å². The molecule has 35 heavy (non-hydrogen) atoms. The number of hydrogen-bond acceptors (Lipinski definition) is 5. The van der Waals surface area contributed by atoms with Crippen LogP contribution >= 0.6 is 0 Å². The van der Waals surface area contributed by atoms with Crippen molar-refractivity contribution in [2.75, 3.05) is 13.2 Å². The average Bonchev–Trinajstić information content (AvgIpc) is 3.14. The number of aliphatic hydroxyl groups is 4. The van der Waals surface area contributed by atoms with Gasteiger partial charge in [0, 0.05) is 19.6 Å². The van der Waals surface area contributed by atoms with Crippen LogP contribution in [0, 0.1) is 23.2 Å². The highest BCUT2D eigenvalue weighted by Crippen LogP contribution is 2.60. The van der Waals surface area contributed by atoms with Crippen LogP contribution in [0.3, 0.4) is 0 Å². The van der Waals surface area contributed by atoms with Gasteiger partial charge in [-0.2, -0.15) is 0 Å². The fraction of sp³-hybridized carbons (Fsp3) is 0.800. The minimum Gasteiger partial charge on any atom is -0.396 e. The molecule has 7 atom stereocenters. The summed E-state index contributed by atoms with van der Waals surface area (Å²) in [5, 5.41) is 40.4. The van der Waals surface area contributed by atoms with Crippen LogP contribution in [-0.2, 0) is 4.74 Å². The van der Waals surface area contributed by atoms with E-state index < -0.39 is 23.9 Å². The fourth-order valence-corrected chi connectivity index (χ4v) is 7.21. The summed E-state index contributed by atoms with van der Waals surface area (Å²) in [5.74, 6) is 1.98. The van der Waals surface area contributed by atoms with Crippen LogP contribution in [0.15, 0.2) is 35.5 Å². The highest BCUT2D eigenvalue weighted by atomic mass is 16.5. The molecular formula is C30H50O5. The van der Waals surface area contributed by atoms with Crippen LogP contribution in [0.2, 0.25) is 0 Å². The topological polar surface area (TPSA) is 90.2 Å². The van der Waals surface area contributed by atoms with Crippen LogP contribution in [0.1, 0.15) is 91.9 Å². The molecule has 3 rings (SSSR count). The molecular weight excluding hydrogens is 440 g/mol. The summed E-state index contributed by atoms with van der Waals surface area (Å²) in [7, 11) is 0. The smallest absolute Gasteiger partial charge is 0.114 e. The summed E-state index contributed by atoms with van der Waals surface area (Å²) in [4.78, 5) is 0. The number of aliphatic hydroxyl groups excluding tert-OH is 3. The summed E-state index contributed by atoms with van der Waals surface area (Å²) >= 11 is 0. The van der Waals surface area contributed by atoms with E-state index in [1.54, 1.807) is 0 Å². The zero-order valence-electron chi connectivity index (χ0n) is 22.5. The Balaban J connectivity index is 1.67. The summed E-state index contributed by atoms with van der Waals surface area (Å²) in [6.45, 7) is 13.2. The van der Waals surface area contributed by atoms with Gasteiger partial charge in [0.1, 0.15) is 12.2 Å². The molecule has 3 aliphatic carbocycles. The van der Waals surface area contributed by atoms with Crippen LogP contribution in [-0.4, -0.2) is 57.6 Å². The molecule has 0 spiro atoms. The number of hydrogen-bond donors (Lipinski definition) is 4. The fourth-order valence-electron chi connectivity index (χ4n) is 7.21. The third kappa shape index (κ3) is 6.87. The molecule has 3 aliphatic rings. The van der Waals surface area contributed by atoms with Crippen molar-refractivity contribution in [1.82, 2.24) is 0 Å². The van der Waals surface area contributed by atoms with Crippen molar-refractivity contribution in [3.63, 3.8) is 0 Å². The van der Waals surface area contributed by atoms with Gasteiger partial charge in [-0.15, -0.1) is 0 Å². The van der Waals surface area contributed by atoms with Crippen LogP contribution < -0.4 is 0 Å². The third-order valence-electron chi connectivity index (χ3n) is 9.17. The number of fused-ring (bicyclic) bond motifs is 1. The van der Waals surface area contributed by atoms with Gasteiger partial charge in [0.15, 0.2) is 0 Å². The van der Waals surface area contributed by atoms with Gasteiger partial charge in [-0.25, -0.2) is 0 Å². The second kappa shape index (κ2) is 12.0. The van der Waals surface area contributed by atoms with E-state index in [2.05, 4.69) is 32.6 Å². The summed E-state index contributed by atoms with van der Waals surface area (Å²) in [6, 6.07) is 0. The third-order valence-corrected chi connectivity index (χ3v) is 9.17. The maximum Gasteiger partial charge on any atom is 0.114 e. The van der Waals surface area contributed by atoms with Crippen LogP contribution in [0.25, 0.3) is 0 Å². The number of allylic oxidation sites excluding steroid dienone is 3. The zero-order valence-corrected chi connectivity index (χ0v) is 22.5. The molecule has 200 valence electrons. The molecule has 5 nitrogen and oxygen atoms in total. The van der Waals surface area contributed by atoms with E-state index in [-0.39, 0.29) is 6.61 Å². The molecule has 0 heterocycles. The molecule has 5 heteroatoms. The van der Waals surface area contributed by atoms with Gasteiger partial charge in [0.05, 0.1) is 11.7 Å². The predicted molar refractivity (Wildman–Crippen MR) is 141 cm³/mol. The van der Waals surface area contributed by atoms with E-state index in [0.29, 0.717) is 42.3 Å². The lowest BCUT2D eigenvalue weighted by atomic mass is 9.60. The van der Waals surface area contributed by atoms with E-state index in [4.69, 9.17) is 9.84 Å².